The van der Waals surface area contributed by atoms with Crippen LogP contribution in [0.1, 0.15) is 40.9 Å². The molecule has 194 valence electrons. The lowest BCUT2D eigenvalue weighted by Gasteiger charge is -2.41. The summed E-state index contributed by atoms with van der Waals surface area (Å²) in [5.41, 5.74) is 3.84. The highest BCUT2D eigenvalue weighted by Gasteiger charge is 2.39. The van der Waals surface area contributed by atoms with Crippen LogP contribution in [0, 0.1) is 0 Å². The SMILES string of the molecule is CCOC(=O)C1=C(c2ccccc2)N=C2SCCCN2[C@H]1c1ccc(NC(=O)c2ccc(Cl)cc2Cl)cc1. The molecule has 1 amide bonds. The van der Waals surface area contributed by atoms with E-state index in [9.17, 15) is 9.59 Å². The predicted octanol–water partition coefficient (Wildman–Crippen LogP) is 7.07. The lowest BCUT2D eigenvalue weighted by atomic mass is 9.91. The minimum Gasteiger partial charge on any atom is -0.463 e. The molecule has 0 saturated carbocycles. The van der Waals surface area contributed by atoms with Gasteiger partial charge in [0.05, 0.1) is 34.5 Å². The number of rotatable bonds is 6. The summed E-state index contributed by atoms with van der Waals surface area (Å²) in [6, 6.07) is 21.6. The summed E-state index contributed by atoms with van der Waals surface area (Å²) in [5.74, 6) is 0.249. The summed E-state index contributed by atoms with van der Waals surface area (Å²) in [4.78, 5) is 33.3. The topological polar surface area (TPSA) is 71.0 Å². The van der Waals surface area contributed by atoms with Gasteiger partial charge in [-0.15, -0.1) is 0 Å². The number of esters is 1. The van der Waals surface area contributed by atoms with Crippen LogP contribution in [0.15, 0.2) is 83.4 Å². The van der Waals surface area contributed by atoms with Gasteiger partial charge in [0.25, 0.3) is 5.91 Å². The van der Waals surface area contributed by atoms with E-state index in [1.54, 1.807) is 30.8 Å². The zero-order valence-electron chi connectivity index (χ0n) is 20.6. The van der Waals surface area contributed by atoms with Gasteiger partial charge >= 0.3 is 5.97 Å². The molecule has 3 aromatic carbocycles. The summed E-state index contributed by atoms with van der Waals surface area (Å²) in [6.45, 7) is 2.84. The van der Waals surface area contributed by atoms with Crippen LogP contribution in [0.25, 0.3) is 5.70 Å². The van der Waals surface area contributed by atoms with E-state index in [0.29, 0.717) is 27.5 Å². The van der Waals surface area contributed by atoms with Crippen molar-refractivity contribution in [3.05, 3.63) is 105 Å². The molecule has 1 saturated heterocycles. The highest BCUT2D eigenvalue weighted by Crippen LogP contribution is 2.43. The van der Waals surface area contributed by atoms with E-state index in [2.05, 4.69) is 10.2 Å². The molecule has 3 aromatic rings. The van der Waals surface area contributed by atoms with Crippen molar-refractivity contribution in [1.82, 2.24) is 4.90 Å². The number of halogens is 2. The second-order valence-corrected chi connectivity index (χ2v) is 10.6. The first-order valence-electron chi connectivity index (χ1n) is 12.3. The Morgan fingerprint density at radius 1 is 1.08 bits per heavy atom. The summed E-state index contributed by atoms with van der Waals surface area (Å²) in [5, 5.41) is 4.51. The zero-order valence-corrected chi connectivity index (χ0v) is 22.9. The summed E-state index contributed by atoms with van der Waals surface area (Å²) >= 11 is 13.9. The van der Waals surface area contributed by atoms with Gasteiger partial charge in [-0.25, -0.2) is 9.79 Å². The van der Waals surface area contributed by atoms with E-state index in [1.807, 2.05) is 54.6 Å². The van der Waals surface area contributed by atoms with Gasteiger partial charge in [0.1, 0.15) is 0 Å². The van der Waals surface area contributed by atoms with Crippen molar-refractivity contribution in [2.45, 2.75) is 19.4 Å². The molecule has 2 heterocycles. The predicted molar refractivity (Wildman–Crippen MR) is 155 cm³/mol. The van der Waals surface area contributed by atoms with Gasteiger partial charge in [-0.05, 0) is 49.2 Å². The fraction of sp³-hybridized carbons (Fsp3) is 0.207. The number of ether oxygens (including phenoxy) is 1. The molecule has 0 radical (unpaired) electrons. The third-order valence-electron chi connectivity index (χ3n) is 6.27. The van der Waals surface area contributed by atoms with Crippen LogP contribution in [0.4, 0.5) is 5.69 Å². The third kappa shape index (κ3) is 5.46. The van der Waals surface area contributed by atoms with Crippen molar-refractivity contribution in [2.75, 3.05) is 24.2 Å². The monoisotopic (exact) mass is 565 g/mol. The van der Waals surface area contributed by atoms with Crippen molar-refractivity contribution >= 4 is 63.4 Å². The van der Waals surface area contributed by atoms with Gasteiger partial charge in [-0.1, -0.05) is 77.4 Å². The number of fused-ring (bicyclic) bond motifs is 1. The highest BCUT2D eigenvalue weighted by atomic mass is 35.5. The maximum Gasteiger partial charge on any atom is 0.338 e. The smallest absolute Gasteiger partial charge is 0.338 e. The van der Waals surface area contributed by atoms with E-state index < -0.39 is 0 Å². The average Bonchev–Trinajstić information content (AvgIpc) is 2.93. The van der Waals surface area contributed by atoms with Crippen LogP contribution in [0.2, 0.25) is 10.0 Å². The number of carbonyl (C=O) groups is 2. The fourth-order valence-corrected chi connectivity index (χ4v) is 6.02. The molecule has 9 heteroatoms. The summed E-state index contributed by atoms with van der Waals surface area (Å²) < 4.78 is 5.53. The number of amidine groups is 1. The van der Waals surface area contributed by atoms with Gasteiger partial charge in [0, 0.05) is 28.6 Å². The molecule has 5 rings (SSSR count). The van der Waals surface area contributed by atoms with Crippen molar-refractivity contribution in [1.29, 1.82) is 0 Å². The Morgan fingerprint density at radius 3 is 2.55 bits per heavy atom. The number of anilines is 1. The molecule has 0 spiro atoms. The number of nitrogens with zero attached hydrogens (tertiary/aromatic N) is 2. The Kier molecular flexibility index (Phi) is 8.07. The standard InChI is InChI=1S/C29H25Cl2N3O3S/c1-2-37-28(36)24-25(18-7-4-3-5-8-18)33-29-34(15-6-16-38-29)26(24)19-9-12-21(13-10-19)32-27(35)22-14-11-20(30)17-23(22)31/h3-5,7-14,17,26H,2,6,15-16H2,1H3,(H,32,35)/t26-/m0/s1. The summed E-state index contributed by atoms with van der Waals surface area (Å²) in [7, 11) is 0. The van der Waals surface area contributed by atoms with Crippen LogP contribution in [-0.4, -0.2) is 40.8 Å². The molecular formula is C29H25Cl2N3O3S. The minimum atomic E-state index is -0.385. The van der Waals surface area contributed by atoms with Gasteiger partial charge in [0.15, 0.2) is 5.17 Å². The first-order valence-corrected chi connectivity index (χ1v) is 14.0. The Labute approximate surface area is 235 Å². The number of thioether (sulfide) groups is 1. The first kappa shape index (κ1) is 26.4. The molecule has 0 aliphatic carbocycles. The number of carbonyl (C=O) groups excluding carboxylic acids is 2. The number of hydrogen-bond acceptors (Lipinski definition) is 6. The fourth-order valence-electron chi connectivity index (χ4n) is 4.55. The van der Waals surface area contributed by atoms with Gasteiger partial charge in [-0.3, -0.25) is 4.79 Å². The number of hydrogen-bond donors (Lipinski definition) is 1. The molecule has 1 N–H and O–H groups in total. The maximum atomic E-state index is 13.4. The maximum absolute atomic E-state index is 13.4. The molecule has 0 bridgehead atoms. The van der Waals surface area contributed by atoms with Crippen molar-refractivity contribution < 1.29 is 14.3 Å². The lowest BCUT2D eigenvalue weighted by molar-refractivity contribution is -0.139. The van der Waals surface area contributed by atoms with E-state index in [-0.39, 0.29) is 29.5 Å². The quantitative estimate of drug-likeness (QED) is 0.323. The van der Waals surface area contributed by atoms with Crippen LogP contribution < -0.4 is 5.32 Å². The van der Waals surface area contributed by atoms with E-state index in [4.69, 9.17) is 32.9 Å². The summed E-state index contributed by atoms with van der Waals surface area (Å²) in [6.07, 6.45) is 0.979. The normalized spacial score (nSPS) is 17.0. The van der Waals surface area contributed by atoms with E-state index in [1.165, 1.54) is 6.07 Å². The van der Waals surface area contributed by atoms with Crippen LogP contribution in [-0.2, 0) is 9.53 Å². The number of amides is 1. The highest BCUT2D eigenvalue weighted by molar-refractivity contribution is 8.13. The van der Waals surface area contributed by atoms with Crippen molar-refractivity contribution in [3.63, 3.8) is 0 Å². The molecule has 2 aliphatic rings. The van der Waals surface area contributed by atoms with Gasteiger partial charge < -0.3 is 15.0 Å². The second-order valence-electron chi connectivity index (χ2n) is 8.74. The Bertz CT molecular complexity index is 1420. The Hall–Kier alpha value is -3.26. The largest absolute Gasteiger partial charge is 0.463 e. The van der Waals surface area contributed by atoms with Gasteiger partial charge in [0.2, 0.25) is 0 Å². The molecule has 0 unspecified atom stereocenters. The van der Waals surface area contributed by atoms with Crippen LogP contribution in [0.5, 0.6) is 0 Å². The molecule has 38 heavy (non-hydrogen) atoms. The van der Waals surface area contributed by atoms with Crippen LogP contribution >= 0.6 is 35.0 Å². The van der Waals surface area contributed by atoms with Crippen molar-refractivity contribution in [3.8, 4) is 0 Å². The molecule has 0 aromatic heterocycles. The molecule has 1 atom stereocenters. The molecule has 2 aliphatic heterocycles. The van der Waals surface area contributed by atoms with E-state index in [0.717, 1.165) is 35.0 Å². The molecular weight excluding hydrogens is 541 g/mol. The minimum absolute atomic E-state index is 0.265. The Balaban J connectivity index is 1.52. The van der Waals surface area contributed by atoms with Crippen molar-refractivity contribution in [2.24, 2.45) is 4.99 Å². The number of nitrogens with one attached hydrogen (secondary N) is 1. The molecule has 6 nitrogen and oxygen atoms in total. The Morgan fingerprint density at radius 2 is 1.84 bits per heavy atom. The zero-order chi connectivity index (χ0) is 26.6. The lowest BCUT2D eigenvalue weighted by Crippen LogP contribution is -2.42. The average molecular weight is 567 g/mol. The molecule has 1 fully saturated rings. The third-order valence-corrected chi connectivity index (χ3v) is 7.90. The number of benzene rings is 3. The second kappa shape index (κ2) is 11.6. The van der Waals surface area contributed by atoms with Gasteiger partial charge in [-0.2, -0.15) is 0 Å². The number of aliphatic imine (C=N–C) groups is 1. The van der Waals surface area contributed by atoms with E-state index >= 15 is 0 Å². The van der Waals surface area contributed by atoms with Crippen LogP contribution in [0.3, 0.4) is 0 Å². The first-order chi connectivity index (χ1) is 18.5.